The summed E-state index contributed by atoms with van der Waals surface area (Å²) in [7, 11) is 3.37. The molecule has 0 aromatic heterocycles. The fraction of sp³-hybridized carbons (Fsp3) is 0.818. The average Bonchev–Trinajstić information content (AvgIpc) is 2.29. The van der Waals surface area contributed by atoms with Crippen LogP contribution < -0.4 is 10.6 Å². The minimum atomic E-state index is -0.123. The smallest absolute Gasteiger partial charge is 0.316 e. The Morgan fingerprint density at radius 3 is 2.12 bits per heavy atom. The monoisotopic (exact) mass is 244 g/mol. The van der Waals surface area contributed by atoms with Gasteiger partial charge in [0.1, 0.15) is 0 Å². The highest BCUT2D eigenvalue weighted by atomic mass is 16.2. The number of urea groups is 1. The zero-order valence-corrected chi connectivity index (χ0v) is 11.2. The molecule has 0 aliphatic carbocycles. The van der Waals surface area contributed by atoms with E-state index in [2.05, 4.69) is 10.6 Å². The Kier molecular flexibility index (Phi) is 8.13. The van der Waals surface area contributed by atoms with E-state index in [0.717, 1.165) is 13.1 Å². The van der Waals surface area contributed by atoms with Gasteiger partial charge in [0.05, 0.1) is 6.54 Å². The SMILES string of the molecule is CCN(CC)C(=O)CNCCNC(=O)N(C)C. The summed E-state index contributed by atoms with van der Waals surface area (Å²) in [4.78, 5) is 26.0. The highest BCUT2D eigenvalue weighted by Gasteiger charge is 2.08. The Hall–Kier alpha value is -1.30. The molecular formula is C11H24N4O2. The second-order valence-electron chi connectivity index (χ2n) is 3.87. The average molecular weight is 244 g/mol. The van der Waals surface area contributed by atoms with Crippen LogP contribution in [0.2, 0.25) is 0 Å². The van der Waals surface area contributed by atoms with Crippen molar-refractivity contribution < 1.29 is 9.59 Å². The van der Waals surface area contributed by atoms with Gasteiger partial charge >= 0.3 is 6.03 Å². The number of rotatable bonds is 7. The van der Waals surface area contributed by atoms with Gasteiger partial charge in [-0.1, -0.05) is 0 Å². The number of carbonyl (C=O) groups is 2. The Morgan fingerprint density at radius 1 is 1.06 bits per heavy atom. The van der Waals surface area contributed by atoms with E-state index in [1.54, 1.807) is 19.0 Å². The van der Waals surface area contributed by atoms with Crippen LogP contribution in [-0.4, -0.2) is 68.6 Å². The van der Waals surface area contributed by atoms with E-state index in [1.807, 2.05) is 13.8 Å². The van der Waals surface area contributed by atoms with Crippen LogP contribution in [0, 0.1) is 0 Å². The molecule has 0 aromatic rings. The quantitative estimate of drug-likeness (QED) is 0.605. The zero-order valence-electron chi connectivity index (χ0n) is 11.2. The molecule has 3 amide bonds. The predicted octanol–water partition coefficient (Wildman–Crippen LogP) is -0.284. The standard InChI is InChI=1S/C11H24N4O2/c1-5-15(6-2)10(16)9-12-7-8-13-11(17)14(3)4/h12H,5-9H2,1-4H3,(H,13,17). The minimum absolute atomic E-state index is 0.0916. The van der Waals surface area contributed by atoms with Crippen LogP contribution in [0.3, 0.4) is 0 Å². The molecule has 2 N–H and O–H groups in total. The first-order chi connectivity index (χ1) is 8.02. The van der Waals surface area contributed by atoms with Crippen LogP contribution in [0.15, 0.2) is 0 Å². The van der Waals surface area contributed by atoms with E-state index in [-0.39, 0.29) is 11.9 Å². The Labute approximate surface area is 103 Å². The summed E-state index contributed by atoms with van der Waals surface area (Å²) in [5.41, 5.74) is 0. The number of carbonyl (C=O) groups excluding carboxylic acids is 2. The molecule has 0 heterocycles. The lowest BCUT2D eigenvalue weighted by Gasteiger charge is -2.19. The first-order valence-corrected chi connectivity index (χ1v) is 5.96. The summed E-state index contributed by atoms with van der Waals surface area (Å²) in [5, 5.41) is 5.72. The second kappa shape index (κ2) is 8.81. The molecule has 0 rings (SSSR count). The summed E-state index contributed by atoms with van der Waals surface area (Å²) >= 11 is 0. The summed E-state index contributed by atoms with van der Waals surface area (Å²) in [6, 6.07) is -0.123. The molecule has 0 aromatic carbocycles. The van der Waals surface area contributed by atoms with Crippen molar-refractivity contribution in [3.05, 3.63) is 0 Å². The maximum atomic E-state index is 11.6. The molecule has 0 aliphatic heterocycles. The summed E-state index contributed by atoms with van der Waals surface area (Å²) in [5.74, 6) is 0.0916. The molecule has 0 unspecified atom stereocenters. The van der Waals surface area contributed by atoms with Gasteiger partial charge in [0, 0.05) is 40.3 Å². The lowest BCUT2D eigenvalue weighted by molar-refractivity contribution is -0.129. The molecule has 0 saturated carbocycles. The number of amides is 3. The third kappa shape index (κ3) is 6.78. The molecule has 6 heteroatoms. The van der Waals surface area contributed by atoms with E-state index < -0.39 is 0 Å². The van der Waals surface area contributed by atoms with E-state index in [4.69, 9.17) is 0 Å². The molecule has 17 heavy (non-hydrogen) atoms. The number of nitrogens with one attached hydrogen (secondary N) is 2. The molecule has 0 radical (unpaired) electrons. The first-order valence-electron chi connectivity index (χ1n) is 5.96. The fourth-order valence-corrected chi connectivity index (χ4v) is 1.30. The van der Waals surface area contributed by atoms with Crippen molar-refractivity contribution in [1.29, 1.82) is 0 Å². The van der Waals surface area contributed by atoms with Crippen molar-refractivity contribution in [2.75, 3.05) is 46.8 Å². The molecule has 0 atom stereocenters. The van der Waals surface area contributed by atoms with Crippen LogP contribution in [0.25, 0.3) is 0 Å². The minimum Gasteiger partial charge on any atom is -0.342 e. The Morgan fingerprint density at radius 2 is 1.65 bits per heavy atom. The maximum absolute atomic E-state index is 11.6. The molecule has 0 bridgehead atoms. The highest BCUT2D eigenvalue weighted by molar-refractivity contribution is 5.78. The largest absolute Gasteiger partial charge is 0.342 e. The van der Waals surface area contributed by atoms with Crippen molar-refractivity contribution >= 4 is 11.9 Å². The lowest BCUT2D eigenvalue weighted by atomic mass is 10.4. The lowest BCUT2D eigenvalue weighted by Crippen LogP contribution is -2.42. The number of hydrogen-bond donors (Lipinski definition) is 2. The predicted molar refractivity (Wildman–Crippen MR) is 67.9 cm³/mol. The van der Waals surface area contributed by atoms with Crippen molar-refractivity contribution in [3.8, 4) is 0 Å². The van der Waals surface area contributed by atoms with Crippen molar-refractivity contribution in [2.24, 2.45) is 0 Å². The number of likely N-dealkylation sites (N-methyl/N-ethyl adjacent to an activating group) is 1. The highest BCUT2D eigenvalue weighted by Crippen LogP contribution is 1.86. The van der Waals surface area contributed by atoms with Crippen LogP contribution in [0.4, 0.5) is 4.79 Å². The third-order valence-electron chi connectivity index (χ3n) is 2.38. The van der Waals surface area contributed by atoms with Crippen molar-refractivity contribution in [3.63, 3.8) is 0 Å². The molecule has 100 valence electrons. The van der Waals surface area contributed by atoms with E-state index >= 15 is 0 Å². The molecule has 0 spiro atoms. The van der Waals surface area contributed by atoms with E-state index in [9.17, 15) is 9.59 Å². The van der Waals surface area contributed by atoms with Gasteiger partial charge in [0.2, 0.25) is 5.91 Å². The van der Waals surface area contributed by atoms with Crippen LogP contribution in [0.1, 0.15) is 13.8 Å². The van der Waals surface area contributed by atoms with Gasteiger partial charge in [-0.15, -0.1) is 0 Å². The molecule has 6 nitrogen and oxygen atoms in total. The molecule has 0 fully saturated rings. The van der Waals surface area contributed by atoms with Gasteiger partial charge in [-0.05, 0) is 13.8 Å². The third-order valence-corrected chi connectivity index (χ3v) is 2.38. The van der Waals surface area contributed by atoms with Gasteiger partial charge in [-0.25, -0.2) is 4.79 Å². The normalized spacial score (nSPS) is 9.88. The summed E-state index contributed by atoms with van der Waals surface area (Å²) in [6.45, 7) is 6.80. The van der Waals surface area contributed by atoms with Gasteiger partial charge in [0.15, 0.2) is 0 Å². The van der Waals surface area contributed by atoms with Crippen LogP contribution in [0.5, 0.6) is 0 Å². The molecular weight excluding hydrogens is 220 g/mol. The Bertz CT molecular complexity index is 240. The van der Waals surface area contributed by atoms with Crippen LogP contribution in [-0.2, 0) is 4.79 Å². The van der Waals surface area contributed by atoms with Gasteiger partial charge in [0.25, 0.3) is 0 Å². The van der Waals surface area contributed by atoms with Crippen LogP contribution >= 0.6 is 0 Å². The second-order valence-corrected chi connectivity index (χ2v) is 3.87. The summed E-state index contributed by atoms with van der Waals surface area (Å²) in [6.07, 6.45) is 0. The maximum Gasteiger partial charge on any atom is 0.316 e. The Balaban J connectivity index is 3.58. The summed E-state index contributed by atoms with van der Waals surface area (Å²) < 4.78 is 0. The molecule has 0 aliphatic rings. The van der Waals surface area contributed by atoms with Crippen molar-refractivity contribution in [1.82, 2.24) is 20.4 Å². The van der Waals surface area contributed by atoms with E-state index in [0.29, 0.717) is 19.6 Å². The number of nitrogens with zero attached hydrogens (tertiary/aromatic N) is 2. The zero-order chi connectivity index (χ0) is 13.3. The van der Waals surface area contributed by atoms with Gasteiger partial charge in [-0.3, -0.25) is 4.79 Å². The van der Waals surface area contributed by atoms with Crippen molar-refractivity contribution in [2.45, 2.75) is 13.8 Å². The van der Waals surface area contributed by atoms with Gasteiger partial charge < -0.3 is 20.4 Å². The first kappa shape index (κ1) is 15.7. The number of hydrogen-bond acceptors (Lipinski definition) is 3. The fourth-order valence-electron chi connectivity index (χ4n) is 1.30. The molecule has 0 saturated heterocycles. The van der Waals surface area contributed by atoms with E-state index in [1.165, 1.54) is 4.90 Å². The topological polar surface area (TPSA) is 64.7 Å². The van der Waals surface area contributed by atoms with Gasteiger partial charge in [-0.2, -0.15) is 0 Å².